The van der Waals surface area contributed by atoms with Crippen LogP contribution in [0, 0.1) is 6.92 Å². The molecule has 0 fully saturated rings. The van der Waals surface area contributed by atoms with Gasteiger partial charge in [0.25, 0.3) is 0 Å². The van der Waals surface area contributed by atoms with Gasteiger partial charge in [-0.25, -0.2) is 9.78 Å². The molecule has 82 valence electrons. The van der Waals surface area contributed by atoms with Crippen LogP contribution in [0.3, 0.4) is 0 Å². The van der Waals surface area contributed by atoms with Gasteiger partial charge in [-0.05, 0) is 19.1 Å². The fourth-order valence-corrected chi connectivity index (χ4v) is 1.17. The summed E-state index contributed by atoms with van der Waals surface area (Å²) < 4.78 is 4.60. The lowest BCUT2D eigenvalue weighted by Gasteiger charge is -2.07. The number of rotatable bonds is 4. The van der Waals surface area contributed by atoms with Gasteiger partial charge in [0.1, 0.15) is 5.82 Å². The van der Waals surface area contributed by atoms with Crippen molar-refractivity contribution < 1.29 is 14.6 Å². The molecule has 0 aromatic carbocycles. The minimum absolute atomic E-state index is 0.0412. The van der Waals surface area contributed by atoms with E-state index in [2.05, 4.69) is 15.0 Å². The number of carbonyl (C=O) groups excluding carboxylic acids is 1. The van der Waals surface area contributed by atoms with Crippen molar-refractivity contribution in [2.45, 2.75) is 6.92 Å². The first-order valence-corrected chi connectivity index (χ1v) is 4.59. The summed E-state index contributed by atoms with van der Waals surface area (Å²) in [6, 6.07) is 3.32. The SMILES string of the molecule is COC(=O)c1ccc(NCCO)nc1C. The summed E-state index contributed by atoms with van der Waals surface area (Å²) in [7, 11) is 1.33. The molecule has 0 saturated carbocycles. The summed E-state index contributed by atoms with van der Waals surface area (Å²) in [6.45, 7) is 2.21. The molecule has 1 rings (SSSR count). The molecule has 0 aliphatic heterocycles. The molecule has 0 amide bonds. The number of hydrogen-bond donors (Lipinski definition) is 2. The predicted molar refractivity (Wildman–Crippen MR) is 55.9 cm³/mol. The van der Waals surface area contributed by atoms with E-state index in [1.807, 2.05) is 0 Å². The van der Waals surface area contributed by atoms with Gasteiger partial charge >= 0.3 is 5.97 Å². The smallest absolute Gasteiger partial charge is 0.339 e. The summed E-state index contributed by atoms with van der Waals surface area (Å²) in [5.41, 5.74) is 1.05. The Morgan fingerprint density at radius 3 is 2.87 bits per heavy atom. The molecule has 0 spiro atoms. The fourth-order valence-electron chi connectivity index (χ4n) is 1.17. The van der Waals surface area contributed by atoms with Gasteiger partial charge in [-0.15, -0.1) is 0 Å². The zero-order chi connectivity index (χ0) is 11.3. The van der Waals surface area contributed by atoms with E-state index in [0.29, 0.717) is 23.6 Å². The van der Waals surface area contributed by atoms with Crippen LogP contribution in [-0.4, -0.2) is 36.3 Å². The molecule has 2 N–H and O–H groups in total. The summed E-state index contributed by atoms with van der Waals surface area (Å²) >= 11 is 0. The molecular weight excluding hydrogens is 196 g/mol. The molecule has 5 nitrogen and oxygen atoms in total. The Hall–Kier alpha value is -1.62. The fraction of sp³-hybridized carbons (Fsp3) is 0.400. The Bertz CT molecular complexity index is 353. The third kappa shape index (κ3) is 2.92. The van der Waals surface area contributed by atoms with Gasteiger partial charge in [0.15, 0.2) is 0 Å². The lowest BCUT2D eigenvalue weighted by molar-refractivity contribution is 0.0599. The van der Waals surface area contributed by atoms with Gasteiger partial charge in [0.05, 0.1) is 25.0 Å². The normalized spacial score (nSPS) is 9.80. The molecule has 0 atom stereocenters. The van der Waals surface area contributed by atoms with E-state index >= 15 is 0 Å². The molecule has 5 heteroatoms. The minimum atomic E-state index is -0.395. The molecule has 0 bridgehead atoms. The highest BCUT2D eigenvalue weighted by atomic mass is 16.5. The van der Waals surface area contributed by atoms with Crippen molar-refractivity contribution in [3.05, 3.63) is 23.4 Å². The number of hydrogen-bond acceptors (Lipinski definition) is 5. The second kappa shape index (κ2) is 5.31. The van der Waals surface area contributed by atoms with Gasteiger partial charge in [-0.3, -0.25) is 0 Å². The number of esters is 1. The number of ether oxygens (including phenoxy) is 1. The van der Waals surface area contributed by atoms with Crippen LogP contribution in [0.15, 0.2) is 12.1 Å². The Balaban J connectivity index is 2.83. The van der Waals surface area contributed by atoms with E-state index < -0.39 is 5.97 Å². The first kappa shape index (κ1) is 11.5. The van der Waals surface area contributed by atoms with Crippen molar-refractivity contribution in [3.8, 4) is 0 Å². The van der Waals surface area contributed by atoms with Crippen molar-refractivity contribution in [1.82, 2.24) is 4.98 Å². The Labute approximate surface area is 88.1 Å². The number of aliphatic hydroxyl groups excluding tert-OH is 1. The second-order valence-corrected chi connectivity index (χ2v) is 2.97. The van der Waals surface area contributed by atoms with Gasteiger partial charge in [0, 0.05) is 6.54 Å². The summed E-state index contributed by atoms with van der Waals surface area (Å²) in [5.74, 6) is 0.239. The summed E-state index contributed by atoms with van der Waals surface area (Å²) in [5, 5.41) is 11.5. The number of anilines is 1. The van der Waals surface area contributed by atoms with Crippen molar-refractivity contribution >= 4 is 11.8 Å². The zero-order valence-corrected chi connectivity index (χ0v) is 8.78. The Kier molecular flexibility index (Phi) is 4.05. The predicted octanol–water partition coefficient (Wildman–Crippen LogP) is 0.581. The molecule has 1 aromatic rings. The minimum Gasteiger partial charge on any atom is -0.465 e. The van der Waals surface area contributed by atoms with Crippen molar-refractivity contribution in [2.75, 3.05) is 25.6 Å². The molecule has 0 unspecified atom stereocenters. The highest BCUT2D eigenvalue weighted by molar-refractivity contribution is 5.90. The standard InChI is InChI=1S/C10H14N2O3/c1-7-8(10(14)15-2)3-4-9(12-7)11-5-6-13/h3-4,13H,5-6H2,1-2H3,(H,11,12). The van der Waals surface area contributed by atoms with Crippen LogP contribution in [0.25, 0.3) is 0 Å². The van der Waals surface area contributed by atoms with Crippen LogP contribution in [0.2, 0.25) is 0 Å². The maximum absolute atomic E-state index is 11.2. The maximum Gasteiger partial charge on any atom is 0.339 e. The summed E-state index contributed by atoms with van der Waals surface area (Å²) in [4.78, 5) is 15.4. The van der Waals surface area contributed by atoms with E-state index in [9.17, 15) is 4.79 Å². The lowest BCUT2D eigenvalue weighted by atomic mass is 10.2. The van der Waals surface area contributed by atoms with Crippen LogP contribution in [-0.2, 0) is 4.74 Å². The molecule has 0 radical (unpaired) electrons. The molecule has 1 heterocycles. The van der Waals surface area contributed by atoms with Crippen LogP contribution in [0.1, 0.15) is 16.1 Å². The van der Waals surface area contributed by atoms with Crippen LogP contribution >= 0.6 is 0 Å². The van der Waals surface area contributed by atoms with Crippen molar-refractivity contribution in [3.63, 3.8) is 0 Å². The third-order valence-electron chi connectivity index (χ3n) is 1.91. The summed E-state index contributed by atoms with van der Waals surface area (Å²) in [6.07, 6.45) is 0. The number of pyridine rings is 1. The molecule has 0 saturated heterocycles. The second-order valence-electron chi connectivity index (χ2n) is 2.97. The highest BCUT2D eigenvalue weighted by Crippen LogP contribution is 2.11. The molecule has 0 aliphatic carbocycles. The van der Waals surface area contributed by atoms with E-state index in [-0.39, 0.29) is 6.61 Å². The highest BCUT2D eigenvalue weighted by Gasteiger charge is 2.10. The Morgan fingerprint density at radius 2 is 2.33 bits per heavy atom. The monoisotopic (exact) mass is 210 g/mol. The number of methoxy groups -OCH3 is 1. The number of carbonyl (C=O) groups is 1. The number of aryl methyl sites for hydroxylation is 1. The molecular formula is C10H14N2O3. The largest absolute Gasteiger partial charge is 0.465 e. The third-order valence-corrected chi connectivity index (χ3v) is 1.91. The molecule has 1 aromatic heterocycles. The lowest BCUT2D eigenvalue weighted by Crippen LogP contribution is -2.10. The number of nitrogens with zero attached hydrogens (tertiary/aromatic N) is 1. The van der Waals surface area contributed by atoms with Gasteiger partial charge in [-0.2, -0.15) is 0 Å². The van der Waals surface area contributed by atoms with E-state index in [1.165, 1.54) is 7.11 Å². The van der Waals surface area contributed by atoms with Gasteiger partial charge < -0.3 is 15.2 Å². The average molecular weight is 210 g/mol. The average Bonchev–Trinajstić information content (AvgIpc) is 2.25. The number of nitrogens with one attached hydrogen (secondary N) is 1. The van der Waals surface area contributed by atoms with Crippen molar-refractivity contribution in [1.29, 1.82) is 0 Å². The van der Waals surface area contributed by atoms with Crippen LogP contribution in [0.5, 0.6) is 0 Å². The first-order valence-electron chi connectivity index (χ1n) is 4.59. The van der Waals surface area contributed by atoms with E-state index in [4.69, 9.17) is 5.11 Å². The van der Waals surface area contributed by atoms with Gasteiger partial charge in [-0.1, -0.05) is 0 Å². The number of aromatic nitrogens is 1. The number of aliphatic hydroxyl groups is 1. The van der Waals surface area contributed by atoms with Gasteiger partial charge in [0.2, 0.25) is 0 Å². The van der Waals surface area contributed by atoms with Crippen molar-refractivity contribution in [2.24, 2.45) is 0 Å². The van der Waals surface area contributed by atoms with E-state index in [1.54, 1.807) is 19.1 Å². The first-order chi connectivity index (χ1) is 7.19. The Morgan fingerprint density at radius 1 is 1.60 bits per heavy atom. The maximum atomic E-state index is 11.2. The zero-order valence-electron chi connectivity index (χ0n) is 8.78. The molecule has 15 heavy (non-hydrogen) atoms. The topological polar surface area (TPSA) is 71.5 Å². The van der Waals surface area contributed by atoms with Crippen LogP contribution in [0.4, 0.5) is 5.82 Å². The van der Waals surface area contributed by atoms with E-state index in [0.717, 1.165) is 0 Å². The molecule has 0 aliphatic rings. The van der Waals surface area contributed by atoms with Crippen LogP contribution < -0.4 is 5.32 Å². The quantitative estimate of drug-likeness (QED) is 0.711.